The number of alkyl halides is 3. The van der Waals surface area contributed by atoms with Crippen LogP contribution in [0.4, 0.5) is 30.5 Å². The number of rotatable bonds is 10. The van der Waals surface area contributed by atoms with Gasteiger partial charge in [-0.25, -0.2) is 10.7 Å². The van der Waals surface area contributed by atoms with Gasteiger partial charge in [0.05, 0.1) is 7.11 Å². The Labute approximate surface area is 257 Å². The molecule has 6 N–H and O–H groups in total. The van der Waals surface area contributed by atoms with Crippen molar-refractivity contribution in [1.82, 2.24) is 20.6 Å². The SMILES string of the molecule is C=C(Nc1ccc(OC(F)(F)F)cc1)N(Cc1ccc(C(=O)Nc2nn[nH]n2)cc1)c1ccc(C2=CCCCC2)cc1.CO[NH3+]. The lowest BCUT2D eigenvalue weighted by molar-refractivity contribution is -0.679. The number of carbonyl (C=O) groups is 1. The van der Waals surface area contributed by atoms with E-state index in [1.165, 1.54) is 55.4 Å². The molecule has 1 heterocycles. The average Bonchev–Trinajstić information content (AvgIpc) is 3.54. The fourth-order valence-corrected chi connectivity index (χ4v) is 4.60. The smallest absolute Gasteiger partial charge is 0.406 e. The molecule has 1 amide bonds. The van der Waals surface area contributed by atoms with Gasteiger partial charge in [-0.1, -0.05) is 42.0 Å². The van der Waals surface area contributed by atoms with E-state index in [2.05, 4.69) is 71.5 Å². The summed E-state index contributed by atoms with van der Waals surface area (Å²) in [5.74, 6) is 2.87. The number of ether oxygens (including phenoxy) is 1. The Hall–Kier alpha value is -5.21. The Kier molecular flexibility index (Phi) is 11.3. The molecule has 14 heteroatoms. The topological polar surface area (TPSA) is 145 Å². The van der Waals surface area contributed by atoms with Gasteiger partial charge in [0, 0.05) is 23.5 Å². The Morgan fingerprint density at radius 2 is 1.71 bits per heavy atom. The molecular formula is C31H34F3N8O3+. The van der Waals surface area contributed by atoms with Gasteiger partial charge >= 0.3 is 6.36 Å². The monoisotopic (exact) mass is 623 g/mol. The number of H-pyrrole nitrogens is 1. The minimum absolute atomic E-state index is 0.0723. The molecule has 0 unspecified atom stereocenters. The van der Waals surface area contributed by atoms with Gasteiger partial charge in [0.15, 0.2) is 0 Å². The van der Waals surface area contributed by atoms with Crippen LogP contribution in [-0.4, -0.2) is 40.0 Å². The van der Waals surface area contributed by atoms with Crippen molar-refractivity contribution in [2.75, 3.05) is 22.6 Å². The molecule has 11 nitrogen and oxygen atoms in total. The fourth-order valence-electron chi connectivity index (χ4n) is 4.60. The van der Waals surface area contributed by atoms with E-state index >= 15 is 0 Å². The van der Waals surface area contributed by atoms with Crippen LogP contribution in [0.5, 0.6) is 5.75 Å². The molecule has 1 aromatic heterocycles. The van der Waals surface area contributed by atoms with E-state index in [4.69, 9.17) is 0 Å². The zero-order chi connectivity index (χ0) is 32.2. The number of hydrogen-bond acceptors (Lipinski definition) is 8. The lowest BCUT2D eigenvalue weighted by Crippen LogP contribution is -2.46. The number of carbonyl (C=O) groups excluding carboxylic acids is 1. The zero-order valence-electron chi connectivity index (χ0n) is 24.6. The largest absolute Gasteiger partial charge is 0.573 e. The number of halogens is 3. The van der Waals surface area contributed by atoms with Crippen molar-refractivity contribution in [3.63, 3.8) is 0 Å². The van der Waals surface area contributed by atoms with E-state index in [1.807, 2.05) is 29.2 Å². The van der Waals surface area contributed by atoms with Crippen molar-refractivity contribution >= 4 is 28.8 Å². The number of quaternary nitrogens is 1. The number of hydrogen-bond donors (Lipinski definition) is 4. The summed E-state index contributed by atoms with van der Waals surface area (Å²) in [4.78, 5) is 18.5. The summed E-state index contributed by atoms with van der Waals surface area (Å²) in [6, 6.07) is 20.7. The van der Waals surface area contributed by atoms with Gasteiger partial charge in [-0.05, 0) is 96.1 Å². The number of nitrogens with one attached hydrogen (secondary N) is 3. The van der Waals surface area contributed by atoms with Crippen LogP contribution in [0.3, 0.4) is 0 Å². The van der Waals surface area contributed by atoms with Crippen LogP contribution in [0, 0.1) is 0 Å². The summed E-state index contributed by atoms with van der Waals surface area (Å²) in [5.41, 5.74) is 5.22. The van der Waals surface area contributed by atoms with Crippen molar-refractivity contribution in [3.05, 3.63) is 108 Å². The van der Waals surface area contributed by atoms with Gasteiger partial charge in [0.1, 0.15) is 11.6 Å². The van der Waals surface area contributed by atoms with Crippen molar-refractivity contribution in [1.29, 1.82) is 0 Å². The van der Waals surface area contributed by atoms with Crippen molar-refractivity contribution in [2.24, 2.45) is 0 Å². The molecule has 0 aliphatic heterocycles. The molecule has 0 saturated carbocycles. The highest BCUT2D eigenvalue weighted by Crippen LogP contribution is 2.30. The predicted molar refractivity (Wildman–Crippen MR) is 163 cm³/mol. The number of nitrogens with zero attached hydrogens (tertiary/aromatic N) is 4. The maximum Gasteiger partial charge on any atom is 0.573 e. The molecule has 3 aromatic carbocycles. The van der Waals surface area contributed by atoms with E-state index in [1.54, 1.807) is 12.1 Å². The number of aromatic nitrogens is 4. The molecule has 1 aliphatic carbocycles. The van der Waals surface area contributed by atoms with Crippen molar-refractivity contribution in [2.45, 2.75) is 38.6 Å². The third-order valence-electron chi connectivity index (χ3n) is 6.67. The van der Waals surface area contributed by atoms with Gasteiger partial charge in [-0.3, -0.25) is 10.1 Å². The van der Waals surface area contributed by atoms with E-state index in [9.17, 15) is 18.0 Å². The van der Waals surface area contributed by atoms with Crippen LogP contribution in [0.15, 0.2) is 91.3 Å². The van der Waals surface area contributed by atoms with Crippen LogP contribution in [0.25, 0.3) is 5.57 Å². The Bertz CT molecular complexity index is 1560. The van der Waals surface area contributed by atoms with Crippen LogP contribution >= 0.6 is 0 Å². The third-order valence-corrected chi connectivity index (χ3v) is 6.67. The Morgan fingerprint density at radius 1 is 1.02 bits per heavy atom. The minimum Gasteiger partial charge on any atom is -0.406 e. The highest BCUT2D eigenvalue weighted by molar-refractivity contribution is 6.03. The summed E-state index contributed by atoms with van der Waals surface area (Å²) >= 11 is 0. The number of aromatic amines is 1. The lowest BCUT2D eigenvalue weighted by atomic mass is 9.93. The van der Waals surface area contributed by atoms with Crippen molar-refractivity contribution in [3.8, 4) is 5.75 Å². The van der Waals surface area contributed by atoms with Crippen LogP contribution < -0.4 is 26.2 Å². The zero-order valence-corrected chi connectivity index (χ0v) is 24.6. The molecular weight excluding hydrogens is 589 g/mol. The summed E-state index contributed by atoms with van der Waals surface area (Å²) in [7, 11) is 1.51. The predicted octanol–water partition coefficient (Wildman–Crippen LogP) is 5.69. The molecule has 0 spiro atoms. The Balaban J connectivity index is 0.00000148. The fraction of sp³-hybridized carbons (Fsp3) is 0.226. The molecule has 0 bridgehead atoms. The molecule has 1 aliphatic rings. The number of amides is 1. The summed E-state index contributed by atoms with van der Waals surface area (Å²) in [5, 5.41) is 18.9. The van der Waals surface area contributed by atoms with Gasteiger partial charge in [0.25, 0.3) is 11.9 Å². The average molecular weight is 624 g/mol. The summed E-state index contributed by atoms with van der Waals surface area (Å²) < 4.78 is 41.6. The molecule has 0 fully saturated rings. The number of benzene rings is 3. The van der Waals surface area contributed by atoms with Gasteiger partial charge in [-0.15, -0.1) is 18.3 Å². The summed E-state index contributed by atoms with van der Waals surface area (Å²) in [6.45, 7) is 4.61. The molecule has 0 saturated heterocycles. The number of tetrazole rings is 1. The quantitative estimate of drug-likeness (QED) is 0.165. The van der Waals surface area contributed by atoms with E-state index in [0.717, 1.165) is 24.1 Å². The second-order valence-electron chi connectivity index (χ2n) is 9.93. The summed E-state index contributed by atoms with van der Waals surface area (Å²) in [6.07, 6.45) is 2.05. The molecule has 0 radical (unpaired) electrons. The van der Waals surface area contributed by atoms with Crippen LogP contribution in [-0.2, 0) is 11.4 Å². The van der Waals surface area contributed by atoms with E-state index in [-0.39, 0.29) is 17.6 Å². The molecule has 5 rings (SSSR count). The third kappa shape index (κ3) is 9.91. The lowest BCUT2D eigenvalue weighted by Gasteiger charge is -2.28. The molecule has 45 heavy (non-hydrogen) atoms. The number of anilines is 3. The Morgan fingerprint density at radius 3 is 2.29 bits per heavy atom. The molecule has 236 valence electrons. The van der Waals surface area contributed by atoms with Crippen molar-refractivity contribution < 1.29 is 33.4 Å². The van der Waals surface area contributed by atoms with Gasteiger partial charge < -0.3 is 15.0 Å². The highest BCUT2D eigenvalue weighted by atomic mass is 19.4. The second kappa shape index (κ2) is 15.5. The first-order valence-electron chi connectivity index (χ1n) is 14.0. The standard InChI is InChI=1S/C30H28F3N7O2.CH6NO/c1-20(34-25-13-17-27(18-14-25)42-30(31,32)33)40(26-15-11-23(12-16-26)22-5-3-2-4-6-22)19-21-7-9-24(10-8-21)28(41)35-29-36-38-39-37-29;1-3-2/h5,7-18,34H,1-4,6,19H2,(H2,35,36,37,38,39,41);1-2H3/q;+1. The number of allylic oxidation sites excluding steroid dienone is 2. The first-order chi connectivity index (χ1) is 21.6. The van der Waals surface area contributed by atoms with Crippen LogP contribution in [0.2, 0.25) is 0 Å². The molecule has 0 atom stereocenters. The van der Waals surface area contributed by atoms with E-state index < -0.39 is 6.36 Å². The van der Waals surface area contributed by atoms with Crippen LogP contribution in [0.1, 0.15) is 47.2 Å². The van der Waals surface area contributed by atoms with Gasteiger partial charge in [0.2, 0.25) is 0 Å². The maximum absolute atomic E-state index is 12.6. The normalized spacial score (nSPS) is 12.7. The second-order valence-corrected chi connectivity index (χ2v) is 9.93. The maximum atomic E-state index is 12.6. The first-order valence-corrected chi connectivity index (χ1v) is 14.0. The van der Waals surface area contributed by atoms with E-state index in [0.29, 0.717) is 23.6 Å². The highest BCUT2D eigenvalue weighted by Gasteiger charge is 2.31. The van der Waals surface area contributed by atoms with Gasteiger partial charge in [-0.2, -0.15) is 5.21 Å². The first kappa shape index (κ1) is 32.7. The minimum atomic E-state index is -4.77. The molecule has 4 aromatic rings.